The van der Waals surface area contributed by atoms with E-state index in [1.165, 1.54) is 36.3 Å². The number of nitro groups is 1. The summed E-state index contributed by atoms with van der Waals surface area (Å²) in [6.45, 7) is 0.922. The van der Waals surface area contributed by atoms with Crippen LogP contribution in [0.15, 0.2) is 101 Å². The van der Waals surface area contributed by atoms with Crippen molar-refractivity contribution < 1.29 is 27.7 Å². The number of anilines is 1. The first kappa shape index (κ1) is 39.9. The normalized spacial score (nSPS) is 11.9. The van der Waals surface area contributed by atoms with Gasteiger partial charge in [0.2, 0.25) is 5.91 Å². The molecule has 4 aromatic rings. The van der Waals surface area contributed by atoms with Crippen LogP contribution in [0.4, 0.5) is 11.4 Å². The average molecular weight is 748 g/mol. The first-order valence-corrected chi connectivity index (χ1v) is 19.2. The number of nitrogens with zero attached hydrogens (tertiary/aromatic N) is 3. The van der Waals surface area contributed by atoms with E-state index < -0.39 is 31.4 Å². The SMILES string of the molecule is COc1cc(CC(=O)N(C)C)ccc1-c1ccc(C(=O)NS(=O)(=O)c2ccc(N[C@H](CCCCN(C)C)CSc3ccccc3)c([N+](=O)[O-])c2)cc1. The molecule has 4 aromatic carbocycles. The standard InChI is InChI=1S/C38H45N5O7S2/c1-41(2)22-10-9-11-30(26-51-31-12-7-6-8-13-31)39-34-21-19-32(25-35(34)43(46)47)52(48,49)40-38(45)29-17-15-28(16-18-29)33-20-14-27(23-36(33)50-5)24-37(44)42(3)4/h6-8,12-21,23,25,30,39H,9-11,22,24,26H2,1-5H3,(H,40,45)/t30-/m1/s1. The Morgan fingerprint density at radius 1 is 0.923 bits per heavy atom. The number of rotatable bonds is 18. The van der Waals surface area contributed by atoms with Crippen LogP contribution in [0.5, 0.6) is 5.75 Å². The molecule has 276 valence electrons. The first-order valence-electron chi connectivity index (χ1n) is 16.7. The predicted octanol–water partition coefficient (Wildman–Crippen LogP) is 6.32. The zero-order valence-corrected chi connectivity index (χ0v) is 31.6. The fraction of sp³-hybridized carbons (Fsp3) is 0.316. The second kappa shape index (κ2) is 18.5. The van der Waals surface area contributed by atoms with E-state index in [0.29, 0.717) is 17.1 Å². The van der Waals surface area contributed by atoms with Crippen LogP contribution in [0.3, 0.4) is 0 Å². The molecule has 0 unspecified atom stereocenters. The number of sulfonamides is 1. The van der Waals surface area contributed by atoms with Crippen LogP contribution >= 0.6 is 11.8 Å². The number of hydrogen-bond donors (Lipinski definition) is 2. The fourth-order valence-electron chi connectivity index (χ4n) is 5.36. The molecule has 0 fully saturated rings. The lowest BCUT2D eigenvalue weighted by molar-refractivity contribution is -0.384. The first-order chi connectivity index (χ1) is 24.8. The second-order valence-corrected chi connectivity index (χ2v) is 15.5. The number of unbranched alkanes of at least 4 members (excludes halogenated alkanes) is 1. The minimum absolute atomic E-state index is 0.0497. The van der Waals surface area contributed by atoms with Gasteiger partial charge in [-0.15, -0.1) is 11.8 Å². The summed E-state index contributed by atoms with van der Waals surface area (Å²) in [6.07, 6.45) is 2.84. The van der Waals surface area contributed by atoms with Crippen molar-refractivity contribution in [1.82, 2.24) is 14.5 Å². The van der Waals surface area contributed by atoms with Crippen molar-refractivity contribution in [2.45, 2.75) is 41.5 Å². The van der Waals surface area contributed by atoms with Crippen LogP contribution < -0.4 is 14.8 Å². The van der Waals surface area contributed by atoms with E-state index in [0.717, 1.165) is 47.9 Å². The van der Waals surface area contributed by atoms with E-state index >= 15 is 0 Å². The van der Waals surface area contributed by atoms with E-state index in [9.17, 15) is 28.1 Å². The molecule has 0 spiro atoms. The Morgan fingerprint density at radius 2 is 1.63 bits per heavy atom. The maximum atomic E-state index is 13.3. The highest BCUT2D eigenvalue weighted by atomic mass is 32.2. The number of amides is 2. The lowest BCUT2D eigenvalue weighted by Crippen LogP contribution is -2.30. The lowest BCUT2D eigenvalue weighted by Gasteiger charge is -2.20. The van der Waals surface area contributed by atoms with E-state index in [1.54, 1.807) is 44.1 Å². The molecule has 12 nitrogen and oxygen atoms in total. The molecule has 2 N–H and O–H groups in total. The minimum Gasteiger partial charge on any atom is -0.496 e. The van der Waals surface area contributed by atoms with Gasteiger partial charge in [-0.05, 0) is 87.1 Å². The van der Waals surface area contributed by atoms with Gasteiger partial charge >= 0.3 is 0 Å². The van der Waals surface area contributed by atoms with E-state index in [2.05, 4.69) is 10.2 Å². The summed E-state index contributed by atoms with van der Waals surface area (Å²) in [6, 6.07) is 25.0. The Hall–Kier alpha value is -4.92. The van der Waals surface area contributed by atoms with Crippen LogP contribution in [0, 0.1) is 10.1 Å². The van der Waals surface area contributed by atoms with Gasteiger partial charge in [-0.1, -0.05) is 48.9 Å². The van der Waals surface area contributed by atoms with Gasteiger partial charge in [0.05, 0.1) is 23.3 Å². The number of hydrogen-bond acceptors (Lipinski definition) is 10. The second-order valence-electron chi connectivity index (χ2n) is 12.7. The summed E-state index contributed by atoms with van der Waals surface area (Å²) in [5.74, 6) is 0.241. The van der Waals surface area contributed by atoms with Crippen molar-refractivity contribution in [1.29, 1.82) is 0 Å². The Labute approximate surface area is 309 Å². The highest BCUT2D eigenvalue weighted by molar-refractivity contribution is 7.99. The summed E-state index contributed by atoms with van der Waals surface area (Å²) in [4.78, 5) is 41.1. The molecule has 1 atom stereocenters. The molecule has 2 amide bonds. The molecule has 0 radical (unpaired) electrons. The minimum atomic E-state index is -4.47. The van der Waals surface area contributed by atoms with Crippen LogP contribution in [0.1, 0.15) is 35.2 Å². The molecule has 0 bridgehead atoms. The van der Waals surface area contributed by atoms with Crippen LogP contribution in [-0.4, -0.2) is 88.6 Å². The maximum Gasteiger partial charge on any atom is 0.293 e. The predicted molar refractivity (Wildman–Crippen MR) is 206 cm³/mol. The molecular weight excluding hydrogens is 703 g/mol. The number of ether oxygens (including phenoxy) is 1. The molecule has 52 heavy (non-hydrogen) atoms. The number of carbonyl (C=O) groups is 2. The maximum absolute atomic E-state index is 13.3. The van der Waals surface area contributed by atoms with E-state index in [4.69, 9.17) is 4.74 Å². The Kier molecular flexibility index (Phi) is 14.2. The number of carbonyl (C=O) groups excluding carboxylic acids is 2. The molecule has 4 rings (SSSR count). The molecule has 0 aliphatic heterocycles. The summed E-state index contributed by atoms with van der Waals surface area (Å²) < 4.78 is 34.2. The van der Waals surface area contributed by atoms with Crippen molar-refractivity contribution in [3.05, 3.63) is 112 Å². The quantitative estimate of drug-likeness (QED) is 0.0512. The van der Waals surface area contributed by atoms with Gasteiger partial charge in [-0.25, -0.2) is 13.1 Å². The third-order valence-electron chi connectivity index (χ3n) is 8.24. The Balaban J connectivity index is 1.48. The van der Waals surface area contributed by atoms with Crippen LogP contribution in [-0.2, 0) is 21.2 Å². The summed E-state index contributed by atoms with van der Waals surface area (Å²) in [5.41, 5.74) is 2.07. The van der Waals surface area contributed by atoms with Gasteiger partial charge in [-0.2, -0.15) is 0 Å². The fourth-order valence-corrected chi connectivity index (χ4v) is 7.35. The number of benzene rings is 4. The number of thioether (sulfide) groups is 1. The summed E-state index contributed by atoms with van der Waals surface area (Å²) >= 11 is 1.64. The van der Waals surface area contributed by atoms with Gasteiger partial charge in [0.1, 0.15) is 11.4 Å². The summed E-state index contributed by atoms with van der Waals surface area (Å²) in [5, 5.41) is 15.5. The Bertz CT molecular complexity index is 1950. The molecule has 14 heteroatoms. The van der Waals surface area contributed by atoms with Crippen molar-refractivity contribution in [3.8, 4) is 16.9 Å². The molecule has 0 heterocycles. The Morgan fingerprint density at radius 3 is 2.27 bits per heavy atom. The molecule has 0 saturated heterocycles. The number of nitrogens with one attached hydrogen (secondary N) is 2. The van der Waals surface area contributed by atoms with Gasteiger partial charge < -0.3 is 19.9 Å². The topological polar surface area (TPSA) is 151 Å². The van der Waals surface area contributed by atoms with Crippen LogP contribution in [0.25, 0.3) is 11.1 Å². The lowest BCUT2D eigenvalue weighted by atomic mass is 10.00. The zero-order valence-electron chi connectivity index (χ0n) is 30.0. The van der Waals surface area contributed by atoms with E-state index in [-0.39, 0.29) is 29.6 Å². The van der Waals surface area contributed by atoms with Gasteiger partial charge in [0.25, 0.3) is 21.6 Å². The number of likely N-dealkylation sites (N-methyl/N-ethyl adjacent to an activating group) is 1. The average Bonchev–Trinajstić information content (AvgIpc) is 3.12. The molecule has 0 aliphatic carbocycles. The van der Waals surface area contributed by atoms with Crippen molar-refractivity contribution >= 4 is 45.0 Å². The smallest absolute Gasteiger partial charge is 0.293 e. The molecule has 0 aromatic heterocycles. The third kappa shape index (κ3) is 11.3. The van der Waals surface area contributed by atoms with Gasteiger partial charge in [-0.3, -0.25) is 19.7 Å². The molecule has 0 saturated carbocycles. The summed E-state index contributed by atoms with van der Waals surface area (Å²) in [7, 11) is 4.45. The highest BCUT2D eigenvalue weighted by Gasteiger charge is 2.25. The number of methoxy groups -OCH3 is 1. The highest BCUT2D eigenvalue weighted by Crippen LogP contribution is 2.33. The van der Waals surface area contributed by atoms with Crippen LogP contribution in [0.2, 0.25) is 0 Å². The molecule has 0 aliphatic rings. The van der Waals surface area contributed by atoms with Gasteiger partial charge in [0, 0.05) is 48.0 Å². The third-order valence-corrected chi connectivity index (χ3v) is 10.7. The largest absolute Gasteiger partial charge is 0.496 e. The monoisotopic (exact) mass is 747 g/mol. The zero-order chi connectivity index (χ0) is 37.8. The van der Waals surface area contributed by atoms with Crippen molar-refractivity contribution in [2.24, 2.45) is 0 Å². The number of nitro benzene ring substituents is 1. The van der Waals surface area contributed by atoms with Crippen molar-refractivity contribution in [3.63, 3.8) is 0 Å². The van der Waals surface area contributed by atoms with E-state index in [1.807, 2.05) is 61.3 Å². The molecular formula is C38H45N5O7S2. The van der Waals surface area contributed by atoms with Gasteiger partial charge in [0.15, 0.2) is 0 Å². The van der Waals surface area contributed by atoms with Crippen molar-refractivity contribution in [2.75, 3.05) is 52.9 Å².